The second-order valence-electron chi connectivity index (χ2n) is 7.77. The number of likely N-dealkylation sites (tertiary alicyclic amines) is 1. The van der Waals surface area contributed by atoms with Crippen LogP contribution in [-0.2, 0) is 4.79 Å². The summed E-state index contributed by atoms with van der Waals surface area (Å²) in [6.45, 7) is 7.20. The van der Waals surface area contributed by atoms with E-state index < -0.39 is 6.10 Å². The fraction of sp³-hybridized carbons (Fsp3) is 0.417. The molecule has 0 radical (unpaired) electrons. The van der Waals surface area contributed by atoms with Crippen LogP contribution in [0.1, 0.15) is 54.1 Å². The van der Waals surface area contributed by atoms with Gasteiger partial charge in [0.2, 0.25) is 0 Å². The van der Waals surface area contributed by atoms with E-state index in [0.717, 1.165) is 49.9 Å². The summed E-state index contributed by atoms with van der Waals surface area (Å²) in [4.78, 5) is 27.7. The molecule has 2 aromatic rings. The summed E-state index contributed by atoms with van der Waals surface area (Å²) < 4.78 is 5.89. The fourth-order valence-corrected chi connectivity index (χ4v) is 3.54. The van der Waals surface area contributed by atoms with Crippen LogP contribution < -0.4 is 10.1 Å². The van der Waals surface area contributed by atoms with Gasteiger partial charge < -0.3 is 15.0 Å². The third-order valence-electron chi connectivity index (χ3n) is 5.33. The second-order valence-corrected chi connectivity index (χ2v) is 7.77. The maximum atomic E-state index is 13.0. The van der Waals surface area contributed by atoms with E-state index in [0.29, 0.717) is 17.0 Å². The first kappa shape index (κ1) is 20.9. The predicted molar refractivity (Wildman–Crippen MR) is 115 cm³/mol. The number of carbonyl (C=O) groups excluding carboxylic acids is 2. The average Bonchev–Trinajstić information content (AvgIpc) is 3.00. The topological polar surface area (TPSA) is 58.6 Å². The quantitative estimate of drug-likeness (QED) is 0.798. The van der Waals surface area contributed by atoms with Gasteiger partial charge in [0.15, 0.2) is 6.10 Å². The number of anilines is 1. The number of ether oxygens (including phenoxy) is 1. The predicted octanol–water partition coefficient (Wildman–Crippen LogP) is 4.73. The van der Waals surface area contributed by atoms with Gasteiger partial charge in [-0.1, -0.05) is 37.1 Å². The zero-order valence-electron chi connectivity index (χ0n) is 17.5. The number of rotatable bonds is 5. The van der Waals surface area contributed by atoms with E-state index in [-0.39, 0.29) is 11.8 Å². The van der Waals surface area contributed by atoms with Crippen LogP contribution in [-0.4, -0.2) is 35.9 Å². The van der Waals surface area contributed by atoms with Gasteiger partial charge in [0, 0.05) is 13.1 Å². The van der Waals surface area contributed by atoms with Gasteiger partial charge in [0.25, 0.3) is 11.8 Å². The van der Waals surface area contributed by atoms with Crippen LogP contribution in [0.5, 0.6) is 5.75 Å². The molecule has 1 N–H and O–H groups in total. The average molecular weight is 395 g/mol. The van der Waals surface area contributed by atoms with Crippen LogP contribution in [0.3, 0.4) is 0 Å². The van der Waals surface area contributed by atoms with Crippen LogP contribution in [0, 0.1) is 13.8 Å². The van der Waals surface area contributed by atoms with E-state index in [1.54, 1.807) is 19.1 Å². The lowest BCUT2D eigenvalue weighted by Crippen LogP contribution is -2.34. The van der Waals surface area contributed by atoms with Crippen molar-refractivity contribution in [3.8, 4) is 5.75 Å². The number of benzene rings is 2. The molecule has 154 valence electrons. The lowest BCUT2D eigenvalue weighted by atomic mass is 10.1. The largest absolute Gasteiger partial charge is 0.481 e. The lowest BCUT2D eigenvalue weighted by Gasteiger charge is -2.22. The molecule has 1 saturated heterocycles. The molecule has 1 aliphatic rings. The minimum Gasteiger partial charge on any atom is -0.481 e. The van der Waals surface area contributed by atoms with Crippen molar-refractivity contribution in [3.05, 3.63) is 59.2 Å². The van der Waals surface area contributed by atoms with Gasteiger partial charge in [-0.3, -0.25) is 9.59 Å². The molecular formula is C24H30N2O3. The first-order valence-corrected chi connectivity index (χ1v) is 10.4. The van der Waals surface area contributed by atoms with Crippen molar-refractivity contribution in [2.75, 3.05) is 18.4 Å². The van der Waals surface area contributed by atoms with E-state index in [9.17, 15) is 9.59 Å². The van der Waals surface area contributed by atoms with Gasteiger partial charge in [-0.15, -0.1) is 0 Å². The van der Waals surface area contributed by atoms with Crippen molar-refractivity contribution in [2.45, 2.75) is 52.6 Å². The summed E-state index contributed by atoms with van der Waals surface area (Å²) in [5.41, 5.74) is 3.11. The number of hydrogen-bond donors (Lipinski definition) is 1. The third kappa shape index (κ3) is 5.37. The number of nitrogens with one attached hydrogen (secondary N) is 1. The Morgan fingerprint density at radius 3 is 2.41 bits per heavy atom. The highest BCUT2D eigenvalue weighted by molar-refractivity contribution is 6.04. The molecule has 1 heterocycles. The maximum Gasteiger partial charge on any atom is 0.265 e. The molecule has 0 aromatic heterocycles. The normalized spacial score (nSPS) is 15.3. The van der Waals surface area contributed by atoms with Crippen LogP contribution in [0.15, 0.2) is 42.5 Å². The van der Waals surface area contributed by atoms with E-state index in [4.69, 9.17) is 4.74 Å². The summed E-state index contributed by atoms with van der Waals surface area (Å²) >= 11 is 0. The third-order valence-corrected chi connectivity index (χ3v) is 5.33. The van der Waals surface area contributed by atoms with Crippen molar-refractivity contribution in [3.63, 3.8) is 0 Å². The van der Waals surface area contributed by atoms with Gasteiger partial charge >= 0.3 is 0 Å². The highest BCUT2D eigenvalue weighted by Gasteiger charge is 2.22. The Kier molecular flexibility index (Phi) is 6.91. The molecule has 2 amide bonds. The molecule has 29 heavy (non-hydrogen) atoms. The molecule has 2 aromatic carbocycles. The van der Waals surface area contributed by atoms with Crippen molar-refractivity contribution < 1.29 is 14.3 Å². The number of hydrogen-bond acceptors (Lipinski definition) is 3. The molecule has 5 heteroatoms. The van der Waals surface area contributed by atoms with E-state index in [1.807, 2.05) is 49.1 Å². The fourth-order valence-electron chi connectivity index (χ4n) is 3.54. The lowest BCUT2D eigenvalue weighted by molar-refractivity contribution is -0.122. The summed E-state index contributed by atoms with van der Waals surface area (Å²) in [5, 5.41) is 2.89. The Labute approximate surface area is 173 Å². The Morgan fingerprint density at radius 1 is 1.00 bits per heavy atom. The summed E-state index contributed by atoms with van der Waals surface area (Å²) in [6.07, 6.45) is 3.70. The Morgan fingerprint density at radius 2 is 1.69 bits per heavy atom. The number of carbonyl (C=O) groups is 2. The smallest absolute Gasteiger partial charge is 0.265 e. The minimum absolute atomic E-state index is 0.0223. The number of aryl methyl sites for hydroxylation is 2. The van der Waals surface area contributed by atoms with E-state index in [2.05, 4.69) is 5.32 Å². The first-order chi connectivity index (χ1) is 14.0. The number of para-hydroxylation sites is 1. The Balaban J connectivity index is 1.71. The molecule has 0 bridgehead atoms. The highest BCUT2D eigenvalue weighted by Crippen LogP contribution is 2.23. The van der Waals surface area contributed by atoms with Gasteiger partial charge in [0.1, 0.15) is 5.75 Å². The molecule has 1 unspecified atom stereocenters. The maximum absolute atomic E-state index is 13.0. The van der Waals surface area contributed by atoms with Gasteiger partial charge in [-0.2, -0.15) is 0 Å². The molecule has 1 atom stereocenters. The van der Waals surface area contributed by atoms with Crippen LogP contribution >= 0.6 is 0 Å². The molecular weight excluding hydrogens is 364 g/mol. The standard InChI is InChI=1S/C24H30N2O3/c1-17-12-13-18(2)22(16-17)29-19(3)23(27)25-21-11-7-6-10-20(21)24(28)26-14-8-4-5-9-15-26/h6-7,10-13,16,19H,4-5,8-9,14-15H2,1-3H3,(H,25,27). The SMILES string of the molecule is Cc1ccc(C)c(OC(C)C(=O)Nc2ccccc2C(=O)N2CCCCCC2)c1. The summed E-state index contributed by atoms with van der Waals surface area (Å²) in [6, 6.07) is 13.1. The van der Waals surface area contributed by atoms with Crippen molar-refractivity contribution in [1.29, 1.82) is 0 Å². The molecule has 5 nitrogen and oxygen atoms in total. The van der Waals surface area contributed by atoms with E-state index >= 15 is 0 Å². The van der Waals surface area contributed by atoms with Gasteiger partial charge in [-0.25, -0.2) is 0 Å². The van der Waals surface area contributed by atoms with Crippen molar-refractivity contribution >= 4 is 17.5 Å². The zero-order chi connectivity index (χ0) is 20.8. The van der Waals surface area contributed by atoms with Gasteiger partial charge in [0.05, 0.1) is 11.3 Å². The molecule has 1 aliphatic heterocycles. The highest BCUT2D eigenvalue weighted by atomic mass is 16.5. The number of nitrogens with zero attached hydrogens (tertiary/aromatic N) is 1. The zero-order valence-corrected chi connectivity index (χ0v) is 17.5. The molecule has 0 aliphatic carbocycles. The minimum atomic E-state index is -0.683. The molecule has 3 rings (SSSR count). The van der Waals surface area contributed by atoms with Crippen LogP contribution in [0.25, 0.3) is 0 Å². The molecule has 0 spiro atoms. The Bertz CT molecular complexity index is 870. The summed E-state index contributed by atoms with van der Waals surface area (Å²) in [5.74, 6) is 0.398. The van der Waals surface area contributed by atoms with Gasteiger partial charge in [-0.05, 0) is 62.9 Å². The number of amides is 2. The van der Waals surface area contributed by atoms with Crippen molar-refractivity contribution in [1.82, 2.24) is 4.90 Å². The van der Waals surface area contributed by atoms with Crippen LogP contribution in [0.2, 0.25) is 0 Å². The monoisotopic (exact) mass is 394 g/mol. The van der Waals surface area contributed by atoms with Crippen molar-refractivity contribution in [2.24, 2.45) is 0 Å². The second kappa shape index (κ2) is 9.59. The van der Waals surface area contributed by atoms with E-state index in [1.165, 1.54) is 0 Å². The summed E-state index contributed by atoms with van der Waals surface area (Å²) in [7, 11) is 0. The molecule has 0 saturated carbocycles. The van der Waals surface area contributed by atoms with Crippen LogP contribution in [0.4, 0.5) is 5.69 Å². The Hall–Kier alpha value is -2.82. The molecule has 1 fully saturated rings. The first-order valence-electron chi connectivity index (χ1n) is 10.4.